The molecule has 0 aliphatic carbocycles. The summed E-state index contributed by atoms with van der Waals surface area (Å²) in [6.45, 7) is 0.399. The Morgan fingerprint density at radius 3 is 2.88 bits per heavy atom. The van der Waals surface area contributed by atoms with Crippen LogP contribution < -0.4 is 5.32 Å². The van der Waals surface area contributed by atoms with Crippen molar-refractivity contribution in [2.24, 2.45) is 0 Å². The number of nitrogens with one attached hydrogen (secondary N) is 2. The largest absolute Gasteiger partial charge is 0.367 e. The van der Waals surface area contributed by atoms with Crippen molar-refractivity contribution in [2.75, 3.05) is 0 Å². The van der Waals surface area contributed by atoms with Crippen LogP contribution in [0.2, 0.25) is 5.02 Å². The van der Waals surface area contributed by atoms with E-state index in [4.69, 9.17) is 11.6 Å². The fourth-order valence-corrected chi connectivity index (χ4v) is 1.67. The Labute approximate surface area is 103 Å². The zero-order valence-electron chi connectivity index (χ0n) is 8.84. The summed E-state index contributed by atoms with van der Waals surface area (Å²) >= 11 is 5.78. The first-order valence-electron chi connectivity index (χ1n) is 5.02. The lowest BCUT2D eigenvalue weighted by Crippen LogP contribution is -2.22. The van der Waals surface area contributed by atoms with Crippen LogP contribution in [0.15, 0.2) is 36.7 Å². The van der Waals surface area contributed by atoms with Crippen molar-refractivity contribution in [2.45, 2.75) is 6.54 Å². The maximum atomic E-state index is 12.8. The van der Waals surface area contributed by atoms with Gasteiger partial charge in [-0.05, 0) is 29.8 Å². The molecule has 1 aromatic heterocycles. The van der Waals surface area contributed by atoms with Gasteiger partial charge < -0.3 is 10.3 Å². The Morgan fingerprint density at radius 2 is 2.24 bits per heavy atom. The third-order valence-electron chi connectivity index (χ3n) is 2.29. The molecule has 1 amide bonds. The molecule has 0 fully saturated rings. The lowest BCUT2D eigenvalue weighted by atomic mass is 10.2. The first kappa shape index (κ1) is 11.7. The summed E-state index contributed by atoms with van der Waals surface area (Å²) < 4.78 is 12.8. The predicted molar refractivity (Wildman–Crippen MR) is 63.4 cm³/mol. The van der Waals surface area contributed by atoms with Crippen LogP contribution in [0.25, 0.3) is 0 Å². The Kier molecular flexibility index (Phi) is 3.44. The van der Waals surface area contributed by atoms with E-state index in [1.807, 2.05) is 6.07 Å². The smallest absolute Gasteiger partial charge is 0.253 e. The molecule has 1 aromatic carbocycles. The summed E-state index contributed by atoms with van der Waals surface area (Å²) in [6, 6.07) is 5.54. The number of hydrogen-bond acceptors (Lipinski definition) is 1. The van der Waals surface area contributed by atoms with Crippen molar-refractivity contribution in [3.8, 4) is 0 Å². The molecule has 0 spiro atoms. The van der Waals surface area contributed by atoms with Gasteiger partial charge in [-0.3, -0.25) is 4.79 Å². The second-order valence-corrected chi connectivity index (χ2v) is 3.93. The van der Waals surface area contributed by atoms with Crippen molar-refractivity contribution in [3.63, 3.8) is 0 Å². The zero-order valence-corrected chi connectivity index (χ0v) is 9.59. The number of aromatic nitrogens is 1. The molecular formula is C12H10ClFN2O. The molecule has 0 radical (unpaired) electrons. The van der Waals surface area contributed by atoms with Gasteiger partial charge in [0.1, 0.15) is 5.82 Å². The minimum Gasteiger partial charge on any atom is -0.367 e. The van der Waals surface area contributed by atoms with Crippen molar-refractivity contribution in [1.29, 1.82) is 0 Å². The summed E-state index contributed by atoms with van der Waals surface area (Å²) in [5, 5.41) is 2.80. The van der Waals surface area contributed by atoms with Gasteiger partial charge in [0.05, 0.1) is 10.6 Å². The number of halogens is 2. The molecule has 2 rings (SSSR count). The van der Waals surface area contributed by atoms with Crippen molar-refractivity contribution in [3.05, 3.63) is 58.6 Å². The highest BCUT2D eigenvalue weighted by Gasteiger charge is 2.10. The standard InChI is InChI=1S/C12H10ClFN2O/c13-11-5-9(14)1-2-10(11)12(17)16-7-8-3-4-15-6-8/h1-6,15H,7H2,(H,16,17). The Morgan fingerprint density at radius 1 is 1.41 bits per heavy atom. The van der Waals surface area contributed by atoms with E-state index in [1.165, 1.54) is 12.1 Å². The summed E-state index contributed by atoms with van der Waals surface area (Å²) in [4.78, 5) is 14.6. The van der Waals surface area contributed by atoms with Gasteiger partial charge in [0.25, 0.3) is 5.91 Å². The predicted octanol–water partition coefficient (Wildman–Crippen LogP) is 2.74. The lowest BCUT2D eigenvalue weighted by Gasteiger charge is -2.05. The van der Waals surface area contributed by atoms with Gasteiger partial charge >= 0.3 is 0 Å². The summed E-state index contributed by atoms with van der Waals surface area (Å²) in [5.41, 5.74) is 1.22. The third-order valence-corrected chi connectivity index (χ3v) is 2.60. The normalized spacial score (nSPS) is 10.2. The molecule has 0 bridgehead atoms. The summed E-state index contributed by atoms with van der Waals surface area (Å²) in [5.74, 6) is -0.784. The molecule has 0 saturated heterocycles. The molecule has 2 N–H and O–H groups in total. The highest BCUT2D eigenvalue weighted by atomic mass is 35.5. The lowest BCUT2D eigenvalue weighted by molar-refractivity contribution is 0.0951. The second kappa shape index (κ2) is 5.01. The third kappa shape index (κ3) is 2.85. The van der Waals surface area contributed by atoms with Gasteiger partial charge in [0.15, 0.2) is 0 Å². The highest BCUT2D eigenvalue weighted by Crippen LogP contribution is 2.17. The number of carbonyl (C=O) groups is 1. The Balaban J connectivity index is 2.04. The first-order chi connectivity index (χ1) is 8.16. The molecule has 0 aliphatic heterocycles. The number of benzene rings is 1. The fourth-order valence-electron chi connectivity index (χ4n) is 1.42. The van der Waals surface area contributed by atoms with E-state index >= 15 is 0 Å². The van der Waals surface area contributed by atoms with Crippen molar-refractivity contribution < 1.29 is 9.18 Å². The number of aromatic amines is 1. The molecule has 2 aromatic rings. The van der Waals surface area contributed by atoms with Gasteiger partial charge in [0, 0.05) is 18.9 Å². The molecular weight excluding hydrogens is 243 g/mol. The quantitative estimate of drug-likeness (QED) is 0.867. The molecule has 3 nitrogen and oxygen atoms in total. The maximum Gasteiger partial charge on any atom is 0.253 e. The van der Waals surface area contributed by atoms with E-state index in [1.54, 1.807) is 12.4 Å². The minimum absolute atomic E-state index is 0.108. The molecule has 0 atom stereocenters. The highest BCUT2D eigenvalue weighted by molar-refractivity contribution is 6.33. The molecule has 0 saturated carbocycles. The summed E-state index contributed by atoms with van der Waals surface area (Å²) in [6.07, 6.45) is 3.55. The van der Waals surface area contributed by atoms with Gasteiger partial charge in [-0.15, -0.1) is 0 Å². The second-order valence-electron chi connectivity index (χ2n) is 3.53. The van der Waals surface area contributed by atoms with E-state index < -0.39 is 5.82 Å². The van der Waals surface area contributed by atoms with Gasteiger partial charge in [-0.1, -0.05) is 11.6 Å². The van der Waals surface area contributed by atoms with Crippen LogP contribution in [0.4, 0.5) is 4.39 Å². The molecule has 0 unspecified atom stereocenters. The van der Waals surface area contributed by atoms with E-state index in [0.29, 0.717) is 6.54 Å². The molecule has 5 heteroatoms. The van der Waals surface area contributed by atoms with E-state index in [9.17, 15) is 9.18 Å². The monoisotopic (exact) mass is 252 g/mol. The number of carbonyl (C=O) groups excluding carboxylic acids is 1. The molecule has 88 valence electrons. The van der Waals surface area contributed by atoms with Gasteiger partial charge in [-0.25, -0.2) is 4.39 Å². The minimum atomic E-state index is -0.461. The SMILES string of the molecule is O=C(NCc1cc[nH]c1)c1ccc(F)cc1Cl. The van der Waals surface area contributed by atoms with Crippen LogP contribution >= 0.6 is 11.6 Å². The Bertz CT molecular complexity index is 525. The van der Waals surface area contributed by atoms with Crippen LogP contribution in [0.3, 0.4) is 0 Å². The summed E-state index contributed by atoms with van der Waals surface area (Å²) in [7, 11) is 0. The van der Waals surface area contributed by atoms with Gasteiger partial charge in [0.2, 0.25) is 0 Å². The van der Waals surface area contributed by atoms with E-state index in [0.717, 1.165) is 11.6 Å². The van der Waals surface area contributed by atoms with Gasteiger partial charge in [-0.2, -0.15) is 0 Å². The number of amides is 1. The van der Waals surface area contributed by atoms with Crippen molar-refractivity contribution in [1.82, 2.24) is 10.3 Å². The van der Waals surface area contributed by atoms with Crippen LogP contribution in [-0.4, -0.2) is 10.9 Å². The zero-order chi connectivity index (χ0) is 12.3. The van der Waals surface area contributed by atoms with E-state index in [-0.39, 0.29) is 16.5 Å². The molecule has 17 heavy (non-hydrogen) atoms. The van der Waals surface area contributed by atoms with Crippen LogP contribution in [-0.2, 0) is 6.54 Å². The number of rotatable bonds is 3. The average molecular weight is 253 g/mol. The number of hydrogen-bond donors (Lipinski definition) is 2. The average Bonchev–Trinajstić information content (AvgIpc) is 2.78. The van der Waals surface area contributed by atoms with Crippen LogP contribution in [0.1, 0.15) is 15.9 Å². The number of H-pyrrole nitrogens is 1. The topological polar surface area (TPSA) is 44.9 Å². The maximum absolute atomic E-state index is 12.8. The molecule has 0 aliphatic rings. The Hall–Kier alpha value is -1.81. The van der Waals surface area contributed by atoms with Crippen LogP contribution in [0.5, 0.6) is 0 Å². The fraction of sp³-hybridized carbons (Fsp3) is 0.0833. The van der Waals surface area contributed by atoms with E-state index in [2.05, 4.69) is 10.3 Å². The first-order valence-corrected chi connectivity index (χ1v) is 5.39. The van der Waals surface area contributed by atoms with Crippen LogP contribution in [0, 0.1) is 5.82 Å². The van der Waals surface area contributed by atoms with Crippen molar-refractivity contribution >= 4 is 17.5 Å². The molecule has 1 heterocycles.